The molecule has 0 aliphatic rings. The van der Waals surface area contributed by atoms with Crippen molar-refractivity contribution < 1.29 is 9.47 Å². The number of hydrogen-bond donors (Lipinski definition) is 0. The number of thioether (sulfide) groups is 1. The summed E-state index contributed by atoms with van der Waals surface area (Å²) in [6, 6.07) is 29.9. The average Bonchev–Trinajstić information content (AvgIpc) is 2.75. The highest BCUT2D eigenvalue weighted by Gasteiger charge is 2.36. The standard InChI is InChI=1S/C24H26O2S/c1-3-26-18-19-27-24(20-10-6-4-7-11-20,21-12-8-5-9-13-21)22-14-16-23(25-2)17-15-22/h4-17H,3,18-19H2,1-2H3. The zero-order valence-electron chi connectivity index (χ0n) is 15.9. The minimum absolute atomic E-state index is 0.300. The fourth-order valence-corrected chi connectivity index (χ4v) is 4.74. The number of hydrogen-bond acceptors (Lipinski definition) is 3. The Morgan fingerprint density at radius 1 is 0.741 bits per heavy atom. The predicted octanol–water partition coefficient (Wildman–Crippen LogP) is 5.76. The zero-order valence-corrected chi connectivity index (χ0v) is 16.7. The second-order valence-corrected chi connectivity index (χ2v) is 7.50. The third-order valence-corrected chi connectivity index (χ3v) is 6.12. The molecule has 3 rings (SSSR count). The van der Waals surface area contributed by atoms with Crippen molar-refractivity contribution in [3.8, 4) is 5.75 Å². The van der Waals surface area contributed by atoms with Gasteiger partial charge in [0.1, 0.15) is 5.75 Å². The van der Waals surface area contributed by atoms with E-state index in [0.717, 1.165) is 24.7 Å². The highest BCUT2D eigenvalue weighted by Crippen LogP contribution is 2.48. The summed E-state index contributed by atoms with van der Waals surface area (Å²) in [6.45, 7) is 3.52. The van der Waals surface area contributed by atoms with Crippen LogP contribution in [0.5, 0.6) is 5.75 Å². The van der Waals surface area contributed by atoms with Crippen molar-refractivity contribution in [1.82, 2.24) is 0 Å². The van der Waals surface area contributed by atoms with Crippen LogP contribution in [0.15, 0.2) is 84.9 Å². The predicted molar refractivity (Wildman–Crippen MR) is 115 cm³/mol. The van der Waals surface area contributed by atoms with Gasteiger partial charge in [-0.15, -0.1) is 11.8 Å². The molecule has 3 aromatic rings. The molecule has 0 fully saturated rings. The fraction of sp³-hybridized carbons (Fsp3) is 0.250. The second-order valence-electron chi connectivity index (χ2n) is 6.19. The van der Waals surface area contributed by atoms with Gasteiger partial charge < -0.3 is 9.47 Å². The first-order valence-electron chi connectivity index (χ1n) is 9.28. The molecule has 0 aromatic heterocycles. The first-order valence-corrected chi connectivity index (χ1v) is 10.3. The number of ether oxygens (including phenoxy) is 2. The molecule has 0 radical (unpaired) electrons. The molecule has 0 aliphatic heterocycles. The van der Waals surface area contributed by atoms with E-state index in [4.69, 9.17) is 9.47 Å². The zero-order chi connectivity index (χ0) is 19.0. The molecule has 0 atom stereocenters. The quantitative estimate of drug-likeness (QED) is 0.348. The minimum Gasteiger partial charge on any atom is -0.497 e. The Balaban J connectivity index is 2.14. The van der Waals surface area contributed by atoms with Crippen LogP contribution in [0.1, 0.15) is 23.6 Å². The Bertz CT molecular complexity index is 761. The summed E-state index contributed by atoms with van der Waals surface area (Å²) in [4.78, 5) is 0. The topological polar surface area (TPSA) is 18.5 Å². The van der Waals surface area contributed by atoms with Crippen LogP contribution in [0.3, 0.4) is 0 Å². The van der Waals surface area contributed by atoms with E-state index in [1.165, 1.54) is 16.7 Å². The Hall–Kier alpha value is -2.23. The van der Waals surface area contributed by atoms with E-state index in [9.17, 15) is 0 Å². The molecule has 0 amide bonds. The SMILES string of the molecule is CCOCCSC(c1ccccc1)(c1ccccc1)c1ccc(OC)cc1. The monoisotopic (exact) mass is 378 g/mol. The molecule has 0 unspecified atom stereocenters. The summed E-state index contributed by atoms with van der Waals surface area (Å²) in [7, 11) is 1.70. The summed E-state index contributed by atoms with van der Waals surface area (Å²) in [6.07, 6.45) is 0. The molecular weight excluding hydrogens is 352 g/mol. The number of methoxy groups -OCH3 is 1. The van der Waals surface area contributed by atoms with Gasteiger partial charge in [-0.1, -0.05) is 72.8 Å². The summed E-state index contributed by atoms with van der Waals surface area (Å²) < 4.78 is 10.7. The molecule has 0 spiro atoms. The number of rotatable bonds is 9. The van der Waals surface area contributed by atoms with Crippen LogP contribution in [0.2, 0.25) is 0 Å². The van der Waals surface area contributed by atoms with Gasteiger partial charge in [-0.2, -0.15) is 0 Å². The van der Waals surface area contributed by atoms with E-state index in [1.807, 2.05) is 30.8 Å². The third kappa shape index (κ3) is 4.37. The Morgan fingerprint density at radius 3 is 1.74 bits per heavy atom. The molecule has 0 saturated carbocycles. The largest absolute Gasteiger partial charge is 0.497 e. The molecule has 0 aliphatic carbocycles. The van der Waals surface area contributed by atoms with Crippen molar-refractivity contribution in [2.45, 2.75) is 11.7 Å². The van der Waals surface area contributed by atoms with Crippen LogP contribution in [-0.2, 0) is 9.48 Å². The van der Waals surface area contributed by atoms with Crippen molar-refractivity contribution >= 4 is 11.8 Å². The van der Waals surface area contributed by atoms with E-state index >= 15 is 0 Å². The lowest BCUT2D eigenvalue weighted by Gasteiger charge is -2.35. The summed E-state index contributed by atoms with van der Waals surface area (Å²) in [5.74, 6) is 1.78. The molecule has 0 heterocycles. The molecule has 2 nitrogen and oxygen atoms in total. The van der Waals surface area contributed by atoms with Gasteiger partial charge in [-0.25, -0.2) is 0 Å². The van der Waals surface area contributed by atoms with Gasteiger partial charge in [0.25, 0.3) is 0 Å². The molecule has 0 bridgehead atoms. The lowest BCUT2D eigenvalue weighted by molar-refractivity contribution is 0.164. The Labute approximate surface area is 166 Å². The van der Waals surface area contributed by atoms with Crippen molar-refractivity contribution in [3.05, 3.63) is 102 Å². The van der Waals surface area contributed by atoms with Gasteiger partial charge in [0.05, 0.1) is 18.5 Å². The number of benzene rings is 3. The van der Waals surface area contributed by atoms with Gasteiger partial charge in [0, 0.05) is 12.4 Å². The lowest BCUT2D eigenvalue weighted by atomic mass is 9.84. The van der Waals surface area contributed by atoms with Crippen LogP contribution < -0.4 is 4.74 Å². The van der Waals surface area contributed by atoms with Crippen molar-refractivity contribution in [2.75, 3.05) is 26.1 Å². The highest BCUT2D eigenvalue weighted by atomic mass is 32.2. The fourth-order valence-electron chi connectivity index (χ4n) is 3.32. The van der Waals surface area contributed by atoms with Crippen LogP contribution in [0, 0.1) is 0 Å². The van der Waals surface area contributed by atoms with Crippen molar-refractivity contribution in [3.63, 3.8) is 0 Å². The molecular formula is C24H26O2S. The van der Waals surface area contributed by atoms with E-state index in [2.05, 4.69) is 72.8 Å². The van der Waals surface area contributed by atoms with Crippen LogP contribution >= 0.6 is 11.8 Å². The van der Waals surface area contributed by atoms with Crippen LogP contribution in [0.4, 0.5) is 0 Å². The molecule has 3 heteroatoms. The smallest absolute Gasteiger partial charge is 0.118 e. The van der Waals surface area contributed by atoms with E-state index in [1.54, 1.807) is 7.11 Å². The Morgan fingerprint density at radius 2 is 1.26 bits per heavy atom. The molecule has 3 aromatic carbocycles. The van der Waals surface area contributed by atoms with Gasteiger partial charge >= 0.3 is 0 Å². The van der Waals surface area contributed by atoms with Crippen molar-refractivity contribution in [1.29, 1.82) is 0 Å². The van der Waals surface area contributed by atoms with Crippen LogP contribution in [-0.4, -0.2) is 26.1 Å². The normalized spacial score (nSPS) is 11.3. The molecule has 0 saturated heterocycles. The molecule has 140 valence electrons. The summed E-state index contributed by atoms with van der Waals surface area (Å²) in [5, 5.41) is 0. The van der Waals surface area contributed by atoms with E-state index in [0.29, 0.717) is 0 Å². The van der Waals surface area contributed by atoms with Gasteiger partial charge in [0.15, 0.2) is 0 Å². The minimum atomic E-state index is -0.300. The van der Waals surface area contributed by atoms with E-state index in [-0.39, 0.29) is 4.75 Å². The van der Waals surface area contributed by atoms with E-state index < -0.39 is 0 Å². The second kappa shape index (κ2) is 9.63. The summed E-state index contributed by atoms with van der Waals surface area (Å²) >= 11 is 1.92. The van der Waals surface area contributed by atoms with Crippen LogP contribution in [0.25, 0.3) is 0 Å². The highest BCUT2D eigenvalue weighted by molar-refractivity contribution is 8.00. The average molecular weight is 379 g/mol. The maximum atomic E-state index is 5.63. The van der Waals surface area contributed by atoms with Gasteiger partial charge in [-0.05, 0) is 35.7 Å². The lowest BCUT2D eigenvalue weighted by Crippen LogP contribution is -2.26. The summed E-state index contributed by atoms with van der Waals surface area (Å²) in [5.41, 5.74) is 3.77. The first-order chi connectivity index (χ1) is 13.3. The van der Waals surface area contributed by atoms with Gasteiger partial charge in [-0.3, -0.25) is 0 Å². The van der Waals surface area contributed by atoms with Crippen molar-refractivity contribution in [2.24, 2.45) is 0 Å². The Kier molecular flexibility index (Phi) is 6.97. The molecule has 0 N–H and O–H groups in total. The third-order valence-electron chi connectivity index (χ3n) is 4.61. The maximum Gasteiger partial charge on any atom is 0.118 e. The van der Waals surface area contributed by atoms with Gasteiger partial charge in [0.2, 0.25) is 0 Å². The maximum absolute atomic E-state index is 5.63. The molecule has 27 heavy (non-hydrogen) atoms. The first kappa shape index (κ1) is 19.5.